The van der Waals surface area contributed by atoms with Gasteiger partial charge in [-0.25, -0.2) is 4.98 Å². The van der Waals surface area contributed by atoms with Gasteiger partial charge >= 0.3 is 5.97 Å². The third kappa shape index (κ3) is 1.92. The standard InChI is InChI=1S/C9H8ClN3O2/c10-7-5-12-9-6(1-2-8(14)15)11-3-4-13(7)9/h3-5H,1-2H2,(H,14,15). The van der Waals surface area contributed by atoms with Crippen molar-refractivity contribution in [3.63, 3.8) is 0 Å². The first-order chi connectivity index (χ1) is 7.18. The molecule has 0 amide bonds. The number of rotatable bonds is 3. The van der Waals surface area contributed by atoms with Gasteiger partial charge in [-0.15, -0.1) is 0 Å². The van der Waals surface area contributed by atoms with Crippen molar-refractivity contribution < 1.29 is 9.90 Å². The fourth-order valence-corrected chi connectivity index (χ4v) is 1.53. The molecule has 0 aliphatic rings. The summed E-state index contributed by atoms with van der Waals surface area (Å²) in [5, 5.41) is 9.06. The molecule has 2 aromatic rings. The lowest BCUT2D eigenvalue weighted by Gasteiger charge is -2.00. The van der Waals surface area contributed by atoms with Crippen LogP contribution in [0.3, 0.4) is 0 Å². The van der Waals surface area contributed by atoms with Gasteiger partial charge in [0.05, 0.1) is 18.3 Å². The molecule has 5 nitrogen and oxygen atoms in total. The summed E-state index contributed by atoms with van der Waals surface area (Å²) in [5.41, 5.74) is 1.26. The Hall–Kier alpha value is -1.62. The highest BCUT2D eigenvalue weighted by Crippen LogP contribution is 2.14. The van der Waals surface area contributed by atoms with E-state index in [9.17, 15) is 4.79 Å². The van der Waals surface area contributed by atoms with Gasteiger partial charge in [0.1, 0.15) is 5.15 Å². The van der Waals surface area contributed by atoms with Crippen LogP contribution < -0.4 is 0 Å². The van der Waals surface area contributed by atoms with Crippen LogP contribution in [0.25, 0.3) is 5.65 Å². The molecule has 0 atom stereocenters. The summed E-state index contributed by atoms with van der Waals surface area (Å²) >= 11 is 5.86. The summed E-state index contributed by atoms with van der Waals surface area (Å²) in [6.07, 6.45) is 5.18. The average molecular weight is 226 g/mol. The number of aryl methyl sites for hydroxylation is 1. The minimum Gasteiger partial charge on any atom is -0.481 e. The van der Waals surface area contributed by atoms with Crippen LogP contribution in [-0.4, -0.2) is 25.4 Å². The predicted molar refractivity (Wildman–Crippen MR) is 54.0 cm³/mol. The van der Waals surface area contributed by atoms with Gasteiger partial charge in [-0.05, 0) is 0 Å². The molecule has 0 aliphatic carbocycles. The van der Waals surface area contributed by atoms with Gasteiger partial charge in [-0.1, -0.05) is 11.6 Å². The van der Waals surface area contributed by atoms with Crippen molar-refractivity contribution in [2.45, 2.75) is 12.8 Å². The Bertz CT molecular complexity index is 509. The van der Waals surface area contributed by atoms with Gasteiger partial charge in [0.2, 0.25) is 0 Å². The van der Waals surface area contributed by atoms with E-state index in [0.717, 1.165) is 0 Å². The van der Waals surface area contributed by atoms with Crippen molar-refractivity contribution in [2.24, 2.45) is 0 Å². The Morgan fingerprint density at radius 3 is 3.07 bits per heavy atom. The van der Waals surface area contributed by atoms with E-state index in [4.69, 9.17) is 16.7 Å². The Morgan fingerprint density at radius 2 is 2.33 bits per heavy atom. The van der Waals surface area contributed by atoms with E-state index in [2.05, 4.69) is 9.97 Å². The summed E-state index contributed by atoms with van der Waals surface area (Å²) in [6.45, 7) is 0. The first-order valence-electron chi connectivity index (χ1n) is 4.36. The Kier molecular flexibility index (Phi) is 2.55. The van der Waals surface area contributed by atoms with Crippen molar-refractivity contribution >= 4 is 23.2 Å². The fourth-order valence-electron chi connectivity index (χ4n) is 1.34. The molecule has 0 aliphatic heterocycles. The van der Waals surface area contributed by atoms with Gasteiger partial charge in [-0.2, -0.15) is 0 Å². The third-order valence-corrected chi connectivity index (χ3v) is 2.31. The van der Waals surface area contributed by atoms with Crippen molar-refractivity contribution in [1.29, 1.82) is 0 Å². The molecule has 2 aromatic heterocycles. The molecule has 0 saturated carbocycles. The molecule has 0 aromatic carbocycles. The number of halogens is 1. The molecule has 15 heavy (non-hydrogen) atoms. The molecule has 0 saturated heterocycles. The number of hydrogen-bond acceptors (Lipinski definition) is 3. The molecule has 1 N–H and O–H groups in total. The Balaban J connectivity index is 2.38. The fraction of sp³-hybridized carbons (Fsp3) is 0.222. The van der Waals surface area contributed by atoms with Gasteiger partial charge in [0.15, 0.2) is 5.65 Å². The molecule has 0 radical (unpaired) electrons. The van der Waals surface area contributed by atoms with Crippen molar-refractivity contribution in [2.75, 3.05) is 0 Å². The number of fused-ring (bicyclic) bond motifs is 1. The molecule has 0 bridgehead atoms. The second-order valence-corrected chi connectivity index (χ2v) is 3.43. The summed E-state index contributed by atoms with van der Waals surface area (Å²) in [5.74, 6) is -0.851. The smallest absolute Gasteiger partial charge is 0.303 e. The second-order valence-electron chi connectivity index (χ2n) is 3.04. The zero-order valence-corrected chi connectivity index (χ0v) is 8.48. The number of imidazole rings is 1. The maximum atomic E-state index is 10.4. The molecule has 6 heteroatoms. The molecular formula is C9H8ClN3O2. The number of aliphatic carboxylic acids is 1. The number of carboxylic acid groups (broad SMARTS) is 1. The minimum absolute atomic E-state index is 0.0388. The molecule has 0 unspecified atom stereocenters. The first-order valence-corrected chi connectivity index (χ1v) is 4.74. The van der Waals surface area contributed by atoms with E-state index in [-0.39, 0.29) is 6.42 Å². The molecule has 78 valence electrons. The van der Waals surface area contributed by atoms with Crippen molar-refractivity contribution in [3.05, 3.63) is 29.4 Å². The van der Waals surface area contributed by atoms with Crippen LogP contribution in [0.1, 0.15) is 12.1 Å². The molecular weight excluding hydrogens is 218 g/mol. The number of carboxylic acids is 1. The van der Waals surface area contributed by atoms with Crippen LogP contribution in [0.5, 0.6) is 0 Å². The lowest BCUT2D eigenvalue weighted by molar-refractivity contribution is -0.136. The van der Waals surface area contributed by atoms with Crippen LogP contribution in [0.15, 0.2) is 18.6 Å². The number of hydrogen-bond donors (Lipinski definition) is 1. The average Bonchev–Trinajstić information content (AvgIpc) is 2.58. The van der Waals surface area contributed by atoms with E-state index < -0.39 is 5.97 Å². The molecule has 2 rings (SSSR count). The van der Waals surface area contributed by atoms with Crippen LogP contribution in [0, 0.1) is 0 Å². The SMILES string of the molecule is O=C(O)CCc1nccn2c(Cl)cnc12. The monoisotopic (exact) mass is 225 g/mol. The highest BCUT2D eigenvalue weighted by atomic mass is 35.5. The van der Waals surface area contributed by atoms with Gasteiger partial charge in [0.25, 0.3) is 0 Å². The van der Waals surface area contributed by atoms with Crippen LogP contribution in [0.4, 0.5) is 0 Å². The molecule has 0 spiro atoms. The highest BCUT2D eigenvalue weighted by molar-refractivity contribution is 6.29. The van der Waals surface area contributed by atoms with Gasteiger partial charge < -0.3 is 5.11 Å². The van der Waals surface area contributed by atoms with Crippen molar-refractivity contribution in [3.8, 4) is 0 Å². The zero-order chi connectivity index (χ0) is 10.8. The van der Waals surface area contributed by atoms with E-state index in [0.29, 0.717) is 22.9 Å². The topological polar surface area (TPSA) is 67.5 Å². The summed E-state index contributed by atoms with van der Waals surface area (Å²) in [6, 6.07) is 0. The van der Waals surface area contributed by atoms with Crippen LogP contribution >= 0.6 is 11.6 Å². The summed E-state index contributed by atoms with van der Waals surface area (Å²) in [4.78, 5) is 18.6. The van der Waals surface area contributed by atoms with Gasteiger partial charge in [-0.3, -0.25) is 14.2 Å². The maximum absolute atomic E-state index is 10.4. The molecule has 0 fully saturated rings. The first kappa shape index (κ1) is 9.92. The lowest BCUT2D eigenvalue weighted by atomic mass is 10.2. The lowest BCUT2D eigenvalue weighted by Crippen LogP contribution is -2.01. The van der Waals surface area contributed by atoms with E-state index in [1.54, 1.807) is 16.8 Å². The van der Waals surface area contributed by atoms with Crippen LogP contribution in [0.2, 0.25) is 5.15 Å². The zero-order valence-electron chi connectivity index (χ0n) is 7.72. The van der Waals surface area contributed by atoms with E-state index in [1.807, 2.05) is 0 Å². The number of nitrogens with zero attached hydrogens (tertiary/aromatic N) is 3. The second kappa shape index (κ2) is 3.86. The predicted octanol–water partition coefficient (Wildman–Crippen LogP) is 1.40. The van der Waals surface area contributed by atoms with Crippen LogP contribution in [-0.2, 0) is 11.2 Å². The minimum atomic E-state index is -0.851. The maximum Gasteiger partial charge on any atom is 0.303 e. The normalized spacial score (nSPS) is 10.7. The quantitative estimate of drug-likeness (QED) is 0.858. The number of carbonyl (C=O) groups is 1. The summed E-state index contributed by atoms with van der Waals surface area (Å²) < 4.78 is 1.67. The molecule has 2 heterocycles. The largest absolute Gasteiger partial charge is 0.481 e. The Morgan fingerprint density at radius 1 is 1.53 bits per heavy atom. The van der Waals surface area contributed by atoms with Gasteiger partial charge in [0, 0.05) is 18.8 Å². The van der Waals surface area contributed by atoms with E-state index in [1.165, 1.54) is 6.20 Å². The summed E-state index contributed by atoms with van der Waals surface area (Å²) in [7, 11) is 0. The highest BCUT2D eigenvalue weighted by Gasteiger charge is 2.08. The Labute approximate surface area is 90.3 Å². The third-order valence-electron chi connectivity index (χ3n) is 2.03. The van der Waals surface area contributed by atoms with E-state index >= 15 is 0 Å². The number of aromatic nitrogens is 3. The van der Waals surface area contributed by atoms with Crippen molar-refractivity contribution in [1.82, 2.24) is 14.4 Å².